The third-order valence-corrected chi connectivity index (χ3v) is 4.53. The van der Waals surface area contributed by atoms with Gasteiger partial charge < -0.3 is 14.6 Å². The Balaban J connectivity index is 1.57. The van der Waals surface area contributed by atoms with Gasteiger partial charge in [-0.2, -0.15) is 0 Å². The number of hydrogen-bond donors (Lipinski definition) is 1. The summed E-state index contributed by atoms with van der Waals surface area (Å²) in [5.74, 6) is 1.00. The number of benzene rings is 1. The first-order valence-electron chi connectivity index (χ1n) is 7.35. The topological polar surface area (TPSA) is 28.4 Å². The van der Waals surface area contributed by atoms with Crippen molar-refractivity contribution in [3.8, 4) is 0 Å². The Kier molecular flexibility index (Phi) is 4.44. The first kappa shape index (κ1) is 14.1. The highest BCUT2D eigenvalue weighted by Crippen LogP contribution is 2.26. The Morgan fingerprint density at radius 3 is 2.90 bits per heavy atom. The lowest BCUT2D eigenvalue weighted by molar-refractivity contribution is 0.295. The summed E-state index contributed by atoms with van der Waals surface area (Å²) >= 11 is 3.53. The van der Waals surface area contributed by atoms with E-state index in [0.29, 0.717) is 6.04 Å². The molecule has 0 bridgehead atoms. The molecule has 1 aromatic carbocycles. The molecule has 1 unspecified atom stereocenters. The SMILES string of the molecule is CC(CN1CCCC1)NCc1cc2cccc(Br)c2o1. The molecule has 1 N–H and O–H groups in total. The number of hydrogen-bond acceptors (Lipinski definition) is 3. The quantitative estimate of drug-likeness (QED) is 0.900. The Morgan fingerprint density at radius 1 is 1.35 bits per heavy atom. The number of halogens is 1. The number of furan rings is 1. The minimum Gasteiger partial charge on any atom is -0.459 e. The van der Waals surface area contributed by atoms with Gasteiger partial charge >= 0.3 is 0 Å². The molecule has 1 saturated heterocycles. The van der Waals surface area contributed by atoms with Gasteiger partial charge in [0.2, 0.25) is 0 Å². The van der Waals surface area contributed by atoms with Crippen LogP contribution in [0.15, 0.2) is 33.2 Å². The van der Waals surface area contributed by atoms with Crippen molar-refractivity contribution in [3.63, 3.8) is 0 Å². The summed E-state index contributed by atoms with van der Waals surface area (Å²) in [6.45, 7) is 6.67. The molecule has 1 atom stereocenters. The molecule has 0 spiro atoms. The molecule has 3 rings (SSSR count). The maximum Gasteiger partial charge on any atom is 0.148 e. The van der Waals surface area contributed by atoms with Crippen LogP contribution in [0.5, 0.6) is 0 Å². The molecule has 2 aromatic rings. The van der Waals surface area contributed by atoms with Gasteiger partial charge in [-0.25, -0.2) is 0 Å². The van der Waals surface area contributed by atoms with Crippen LogP contribution in [0.3, 0.4) is 0 Å². The van der Waals surface area contributed by atoms with Gasteiger partial charge in [0.15, 0.2) is 0 Å². The monoisotopic (exact) mass is 336 g/mol. The summed E-state index contributed by atoms with van der Waals surface area (Å²) in [6.07, 6.45) is 2.70. The predicted molar refractivity (Wildman–Crippen MR) is 85.9 cm³/mol. The molecule has 108 valence electrons. The Labute approximate surface area is 128 Å². The van der Waals surface area contributed by atoms with Crippen molar-refractivity contribution < 1.29 is 4.42 Å². The standard InChI is InChI=1S/C16H21BrN2O/c1-12(11-19-7-2-3-8-19)18-10-14-9-13-5-4-6-15(17)16(13)20-14/h4-6,9,12,18H,2-3,7-8,10-11H2,1H3. The molecule has 0 radical (unpaired) electrons. The number of nitrogens with zero attached hydrogens (tertiary/aromatic N) is 1. The molecule has 20 heavy (non-hydrogen) atoms. The Bertz CT molecular complexity index is 575. The van der Waals surface area contributed by atoms with Crippen molar-refractivity contribution in [2.24, 2.45) is 0 Å². The maximum absolute atomic E-state index is 5.90. The van der Waals surface area contributed by atoms with Crippen LogP contribution in [0.25, 0.3) is 11.0 Å². The van der Waals surface area contributed by atoms with E-state index in [-0.39, 0.29) is 0 Å². The smallest absolute Gasteiger partial charge is 0.148 e. The van der Waals surface area contributed by atoms with Gasteiger partial charge in [0.25, 0.3) is 0 Å². The fraction of sp³-hybridized carbons (Fsp3) is 0.500. The van der Waals surface area contributed by atoms with Crippen molar-refractivity contribution in [3.05, 3.63) is 34.5 Å². The van der Waals surface area contributed by atoms with E-state index in [1.807, 2.05) is 12.1 Å². The summed E-state index contributed by atoms with van der Waals surface area (Å²) in [5, 5.41) is 4.71. The molecule has 1 aliphatic heterocycles. The molecule has 1 aliphatic rings. The molecule has 1 fully saturated rings. The lowest BCUT2D eigenvalue weighted by Crippen LogP contribution is -2.37. The van der Waals surface area contributed by atoms with Crippen LogP contribution in [0.2, 0.25) is 0 Å². The van der Waals surface area contributed by atoms with Gasteiger partial charge in [-0.1, -0.05) is 12.1 Å². The third-order valence-electron chi connectivity index (χ3n) is 3.90. The van der Waals surface area contributed by atoms with Gasteiger partial charge in [-0.15, -0.1) is 0 Å². The average molecular weight is 337 g/mol. The number of fused-ring (bicyclic) bond motifs is 1. The Morgan fingerprint density at radius 2 is 2.15 bits per heavy atom. The third kappa shape index (κ3) is 3.25. The zero-order chi connectivity index (χ0) is 13.9. The highest BCUT2D eigenvalue weighted by atomic mass is 79.9. The van der Waals surface area contributed by atoms with Crippen molar-refractivity contribution in [2.75, 3.05) is 19.6 Å². The molecule has 0 saturated carbocycles. The minimum atomic E-state index is 0.491. The lowest BCUT2D eigenvalue weighted by atomic mass is 10.2. The minimum absolute atomic E-state index is 0.491. The molecule has 3 nitrogen and oxygen atoms in total. The van der Waals surface area contributed by atoms with Crippen LogP contribution >= 0.6 is 15.9 Å². The highest BCUT2D eigenvalue weighted by molar-refractivity contribution is 9.10. The summed E-state index contributed by atoms with van der Waals surface area (Å²) < 4.78 is 6.92. The predicted octanol–water partition coefficient (Wildman–Crippen LogP) is 3.77. The summed E-state index contributed by atoms with van der Waals surface area (Å²) in [4.78, 5) is 2.53. The van der Waals surface area contributed by atoms with Crippen LogP contribution in [0.1, 0.15) is 25.5 Å². The fourth-order valence-corrected chi connectivity index (χ4v) is 3.32. The van der Waals surface area contributed by atoms with Crippen LogP contribution in [0, 0.1) is 0 Å². The van der Waals surface area contributed by atoms with E-state index < -0.39 is 0 Å². The summed E-state index contributed by atoms with van der Waals surface area (Å²) in [7, 11) is 0. The molecular formula is C16H21BrN2O. The van der Waals surface area contributed by atoms with Gasteiger partial charge in [0.1, 0.15) is 11.3 Å². The van der Waals surface area contributed by atoms with Crippen molar-refractivity contribution in [1.29, 1.82) is 0 Å². The van der Waals surface area contributed by atoms with Crippen molar-refractivity contribution >= 4 is 26.9 Å². The Hall–Kier alpha value is -0.840. The fourth-order valence-electron chi connectivity index (χ4n) is 2.86. The number of rotatable bonds is 5. The second-order valence-corrected chi connectivity index (χ2v) is 6.51. The number of para-hydroxylation sites is 1. The van der Waals surface area contributed by atoms with E-state index in [4.69, 9.17) is 4.42 Å². The van der Waals surface area contributed by atoms with E-state index in [9.17, 15) is 0 Å². The molecule has 0 amide bonds. The molecular weight excluding hydrogens is 316 g/mol. The van der Waals surface area contributed by atoms with Gasteiger partial charge in [0, 0.05) is 18.0 Å². The van der Waals surface area contributed by atoms with Gasteiger partial charge in [-0.05, 0) is 60.9 Å². The largest absolute Gasteiger partial charge is 0.459 e. The van der Waals surface area contributed by atoms with E-state index >= 15 is 0 Å². The average Bonchev–Trinajstić information content (AvgIpc) is 3.06. The highest BCUT2D eigenvalue weighted by Gasteiger charge is 2.14. The van der Waals surface area contributed by atoms with Crippen LogP contribution in [-0.2, 0) is 6.54 Å². The number of nitrogens with one attached hydrogen (secondary N) is 1. The molecule has 1 aromatic heterocycles. The van der Waals surface area contributed by atoms with Crippen molar-refractivity contribution in [1.82, 2.24) is 10.2 Å². The second kappa shape index (κ2) is 6.29. The lowest BCUT2D eigenvalue weighted by Gasteiger charge is -2.20. The zero-order valence-electron chi connectivity index (χ0n) is 11.9. The van der Waals surface area contributed by atoms with E-state index in [1.54, 1.807) is 0 Å². The summed E-state index contributed by atoms with van der Waals surface area (Å²) in [5.41, 5.74) is 0.941. The zero-order valence-corrected chi connectivity index (χ0v) is 13.4. The summed E-state index contributed by atoms with van der Waals surface area (Å²) in [6, 6.07) is 8.75. The van der Waals surface area contributed by atoms with Crippen LogP contribution < -0.4 is 5.32 Å². The van der Waals surface area contributed by atoms with E-state index in [2.05, 4.69) is 45.2 Å². The number of likely N-dealkylation sites (tertiary alicyclic amines) is 1. The normalized spacial score (nSPS) is 17.9. The maximum atomic E-state index is 5.90. The van der Waals surface area contributed by atoms with Crippen LogP contribution in [-0.4, -0.2) is 30.6 Å². The molecule has 0 aliphatic carbocycles. The van der Waals surface area contributed by atoms with E-state index in [0.717, 1.165) is 34.3 Å². The molecule has 4 heteroatoms. The first-order valence-corrected chi connectivity index (χ1v) is 8.14. The van der Waals surface area contributed by atoms with Gasteiger partial charge in [-0.3, -0.25) is 0 Å². The first-order chi connectivity index (χ1) is 9.72. The van der Waals surface area contributed by atoms with Gasteiger partial charge in [0.05, 0.1) is 11.0 Å². The van der Waals surface area contributed by atoms with E-state index in [1.165, 1.54) is 25.9 Å². The molecule has 2 heterocycles. The van der Waals surface area contributed by atoms with Crippen molar-refractivity contribution in [2.45, 2.75) is 32.4 Å². The van der Waals surface area contributed by atoms with Crippen LogP contribution in [0.4, 0.5) is 0 Å². The second-order valence-electron chi connectivity index (χ2n) is 5.66.